The first kappa shape index (κ1) is 5.34. The van der Waals surface area contributed by atoms with Gasteiger partial charge < -0.3 is 0 Å². The van der Waals surface area contributed by atoms with E-state index in [1.165, 1.54) is 25.7 Å². The smallest absolute Gasteiger partial charge is 0.139 e. The molecular weight excluding hydrogens is 124 g/mol. The average Bonchev–Trinajstić information content (AvgIpc) is 2.43. The number of carbonyl (C=O) groups excluding carboxylic acids is 1. The van der Waals surface area contributed by atoms with E-state index in [0.29, 0.717) is 17.6 Å². The Morgan fingerprint density at radius 1 is 1.20 bits per heavy atom. The lowest BCUT2D eigenvalue weighted by Crippen LogP contribution is -2.20. The molecule has 3 saturated carbocycles. The van der Waals surface area contributed by atoms with Crippen LogP contribution < -0.4 is 0 Å². The van der Waals surface area contributed by atoms with Gasteiger partial charge in [-0.2, -0.15) is 0 Å². The second-order valence-corrected chi connectivity index (χ2v) is 4.18. The summed E-state index contributed by atoms with van der Waals surface area (Å²) in [4.78, 5) is 11.4. The molecule has 1 heteroatoms. The fraction of sp³-hybridized carbons (Fsp3) is 0.889. The van der Waals surface area contributed by atoms with Crippen molar-refractivity contribution >= 4 is 5.78 Å². The molecule has 0 unspecified atom stereocenters. The molecule has 0 heterocycles. The Bertz CT molecular complexity index is 195. The molecule has 0 amide bonds. The first-order valence-electron chi connectivity index (χ1n) is 4.40. The largest absolute Gasteiger partial charge is 0.299 e. The van der Waals surface area contributed by atoms with Gasteiger partial charge in [-0.1, -0.05) is 0 Å². The first-order valence-corrected chi connectivity index (χ1v) is 4.40. The van der Waals surface area contributed by atoms with Crippen LogP contribution in [0.3, 0.4) is 0 Å². The molecule has 2 bridgehead atoms. The Morgan fingerprint density at radius 3 is 2.80 bits per heavy atom. The molecule has 0 saturated heterocycles. The molecule has 0 aromatic carbocycles. The van der Waals surface area contributed by atoms with E-state index in [0.717, 1.165) is 11.8 Å². The highest BCUT2D eigenvalue weighted by Crippen LogP contribution is 2.57. The topological polar surface area (TPSA) is 17.1 Å². The van der Waals surface area contributed by atoms with Crippen molar-refractivity contribution in [2.24, 2.45) is 23.7 Å². The van der Waals surface area contributed by atoms with Crippen molar-refractivity contribution in [3.63, 3.8) is 0 Å². The lowest BCUT2D eigenvalue weighted by atomic mass is 9.88. The summed E-state index contributed by atoms with van der Waals surface area (Å²) >= 11 is 0. The zero-order valence-corrected chi connectivity index (χ0v) is 6.05. The third kappa shape index (κ3) is 0.415. The predicted octanol–water partition coefficient (Wildman–Crippen LogP) is 1.62. The van der Waals surface area contributed by atoms with Gasteiger partial charge >= 0.3 is 0 Å². The maximum atomic E-state index is 11.4. The van der Waals surface area contributed by atoms with Crippen LogP contribution in [0.2, 0.25) is 0 Å². The van der Waals surface area contributed by atoms with E-state index in [9.17, 15) is 4.79 Å². The minimum Gasteiger partial charge on any atom is -0.299 e. The number of carbonyl (C=O) groups is 1. The zero-order chi connectivity index (χ0) is 6.72. The number of fused-ring (bicyclic) bond motifs is 1. The molecule has 10 heavy (non-hydrogen) atoms. The standard InChI is InChI=1S/C9H12O/c10-9-6-3-5-1-2-7(9)8(5)4-6/h5-8H,1-4H2/t5-,6+,7-,8+/m0/s1. The fourth-order valence-electron chi connectivity index (χ4n) is 3.48. The van der Waals surface area contributed by atoms with Crippen LogP contribution in [0.4, 0.5) is 0 Å². The summed E-state index contributed by atoms with van der Waals surface area (Å²) < 4.78 is 0. The molecule has 4 atom stereocenters. The number of hydrogen-bond donors (Lipinski definition) is 0. The maximum Gasteiger partial charge on any atom is 0.139 e. The highest BCUT2D eigenvalue weighted by molar-refractivity contribution is 5.87. The van der Waals surface area contributed by atoms with Crippen molar-refractivity contribution in [2.45, 2.75) is 25.7 Å². The van der Waals surface area contributed by atoms with E-state index < -0.39 is 0 Å². The van der Waals surface area contributed by atoms with Crippen LogP contribution in [0.5, 0.6) is 0 Å². The van der Waals surface area contributed by atoms with Crippen molar-refractivity contribution in [1.82, 2.24) is 0 Å². The summed E-state index contributed by atoms with van der Waals surface area (Å²) in [6.45, 7) is 0. The molecular formula is C9H12O. The van der Waals surface area contributed by atoms with Gasteiger partial charge in [-0.25, -0.2) is 0 Å². The Hall–Kier alpha value is -0.330. The van der Waals surface area contributed by atoms with E-state index in [4.69, 9.17) is 0 Å². The van der Waals surface area contributed by atoms with Crippen molar-refractivity contribution < 1.29 is 4.79 Å². The summed E-state index contributed by atoms with van der Waals surface area (Å²) in [5, 5.41) is 0. The van der Waals surface area contributed by atoms with Gasteiger partial charge in [-0.05, 0) is 37.5 Å². The predicted molar refractivity (Wildman–Crippen MR) is 37.4 cm³/mol. The summed E-state index contributed by atoms with van der Waals surface area (Å²) in [6, 6.07) is 0. The highest BCUT2D eigenvalue weighted by Gasteiger charge is 2.55. The van der Waals surface area contributed by atoms with Crippen molar-refractivity contribution in [3.8, 4) is 0 Å². The molecule has 0 radical (unpaired) electrons. The molecule has 54 valence electrons. The minimum absolute atomic E-state index is 0.516. The number of rotatable bonds is 0. The average molecular weight is 136 g/mol. The van der Waals surface area contributed by atoms with Crippen molar-refractivity contribution in [3.05, 3.63) is 0 Å². The van der Waals surface area contributed by atoms with Crippen LogP contribution in [-0.4, -0.2) is 5.78 Å². The summed E-state index contributed by atoms with van der Waals surface area (Å²) in [5.74, 6) is 3.48. The highest BCUT2D eigenvalue weighted by atomic mass is 16.1. The van der Waals surface area contributed by atoms with Gasteiger partial charge in [0.05, 0.1) is 0 Å². The lowest BCUT2D eigenvalue weighted by Gasteiger charge is -2.15. The van der Waals surface area contributed by atoms with Crippen molar-refractivity contribution in [1.29, 1.82) is 0 Å². The fourth-order valence-corrected chi connectivity index (χ4v) is 3.48. The quantitative estimate of drug-likeness (QED) is 0.494. The number of ketones is 1. The van der Waals surface area contributed by atoms with E-state index in [1.807, 2.05) is 0 Å². The summed E-state index contributed by atoms with van der Waals surface area (Å²) in [7, 11) is 0. The molecule has 3 fully saturated rings. The second kappa shape index (κ2) is 1.46. The molecule has 3 aliphatic rings. The molecule has 0 aromatic heterocycles. The van der Waals surface area contributed by atoms with Crippen molar-refractivity contribution in [2.75, 3.05) is 0 Å². The molecule has 3 aliphatic carbocycles. The maximum absolute atomic E-state index is 11.4. The lowest BCUT2D eigenvalue weighted by molar-refractivity contribution is -0.125. The van der Waals surface area contributed by atoms with Gasteiger partial charge in [-0.3, -0.25) is 4.79 Å². The van der Waals surface area contributed by atoms with Gasteiger partial charge in [0.25, 0.3) is 0 Å². The normalized spacial score (nSPS) is 56.6. The third-order valence-corrected chi connectivity index (χ3v) is 3.88. The van der Waals surface area contributed by atoms with E-state index >= 15 is 0 Å². The Morgan fingerprint density at radius 2 is 2.10 bits per heavy atom. The van der Waals surface area contributed by atoms with E-state index in [1.54, 1.807) is 0 Å². The monoisotopic (exact) mass is 136 g/mol. The van der Waals surface area contributed by atoms with Crippen LogP contribution in [0.1, 0.15) is 25.7 Å². The molecule has 0 aromatic rings. The van der Waals surface area contributed by atoms with E-state index in [-0.39, 0.29) is 0 Å². The summed E-state index contributed by atoms with van der Waals surface area (Å²) in [5.41, 5.74) is 0. The van der Waals surface area contributed by atoms with Gasteiger partial charge in [0, 0.05) is 11.8 Å². The van der Waals surface area contributed by atoms with Crippen LogP contribution in [0.25, 0.3) is 0 Å². The number of Topliss-reactive ketones (excluding diaryl/α,β-unsaturated/α-hetero) is 1. The SMILES string of the molecule is O=C1[C@@H]2C[C@@H]3CC[C@H]1[C@@H]3C2. The Balaban J connectivity index is 2.08. The molecule has 1 nitrogen and oxygen atoms in total. The van der Waals surface area contributed by atoms with Crippen LogP contribution in [-0.2, 0) is 4.79 Å². The van der Waals surface area contributed by atoms with Gasteiger partial charge in [0.15, 0.2) is 0 Å². The molecule has 0 N–H and O–H groups in total. The Kier molecular flexibility index (Phi) is 0.781. The second-order valence-electron chi connectivity index (χ2n) is 4.18. The molecule has 0 aliphatic heterocycles. The van der Waals surface area contributed by atoms with Crippen LogP contribution in [0.15, 0.2) is 0 Å². The molecule has 0 spiro atoms. The van der Waals surface area contributed by atoms with Gasteiger partial charge in [0.2, 0.25) is 0 Å². The van der Waals surface area contributed by atoms with Gasteiger partial charge in [-0.15, -0.1) is 0 Å². The minimum atomic E-state index is 0.516. The first-order chi connectivity index (χ1) is 4.86. The van der Waals surface area contributed by atoms with Crippen LogP contribution in [0, 0.1) is 23.7 Å². The third-order valence-electron chi connectivity index (χ3n) is 3.88. The number of hydrogen-bond acceptors (Lipinski definition) is 1. The Labute approximate surface area is 60.8 Å². The van der Waals surface area contributed by atoms with Gasteiger partial charge in [0.1, 0.15) is 5.78 Å². The van der Waals surface area contributed by atoms with E-state index in [2.05, 4.69) is 0 Å². The summed E-state index contributed by atoms with van der Waals surface area (Å²) in [6.07, 6.45) is 5.09. The van der Waals surface area contributed by atoms with Crippen LogP contribution >= 0.6 is 0 Å². The molecule has 3 rings (SSSR count). The zero-order valence-electron chi connectivity index (χ0n) is 6.05.